The van der Waals surface area contributed by atoms with Crippen molar-refractivity contribution in [1.82, 2.24) is 4.98 Å². The Kier molecular flexibility index (Phi) is 3.27. The van der Waals surface area contributed by atoms with Crippen LogP contribution in [-0.4, -0.2) is 11.0 Å². The maximum atomic E-state index is 5.78. The Morgan fingerprint density at radius 1 is 1.41 bits per heavy atom. The number of hydrogen-bond donors (Lipinski definition) is 2. The lowest BCUT2D eigenvalue weighted by Gasteiger charge is -2.39. The Morgan fingerprint density at radius 3 is 2.82 bits per heavy atom. The lowest BCUT2D eigenvalue weighted by Crippen LogP contribution is -2.39. The summed E-state index contributed by atoms with van der Waals surface area (Å²) < 4.78 is 0. The lowest BCUT2D eigenvalue weighted by molar-refractivity contribution is 0.216. The molecule has 0 spiro atoms. The molecule has 3 nitrogen and oxygen atoms in total. The van der Waals surface area contributed by atoms with Crippen LogP contribution in [0.25, 0.3) is 0 Å². The smallest absolute Gasteiger partial charge is 0.126 e. The third-order valence-corrected chi connectivity index (χ3v) is 3.98. The van der Waals surface area contributed by atoms with Crippen molar-refractivity contribution in [3.8, 4) is 0 Å². The largest absolute Gasteiger partial charge is 0.397 e. The molecular formula is C14H23N3. The number of pyridine rings is 1. The predicted molar refractivity (Wildman–Crippen MR) is 73.0 cm³/mol. The minimum atomic E-state index is 0.356. The number of nitrogen functional groups attached to an aromatic ring is 1. The van der Waals surface area contributed by atoms with E-state index >= 15 is 0 Å². The van der Waals surface area contributed by atoms with Crippen molar-refractivity contribution in [2.45, 2.75) is 52.5 Å². The van der Waals surface area contributed by atoms with Gasteiger partial charge in [0.1, 0.15) is 5.82 Å². The minimum Gasteiger partial charge on any atom is -0.397 e. The standard InChI is InChI=1S/C14H23N3/c1-10-8-13(16-9-11(10)15)17-12-6-4-5-7-14(12,2)3/h8-9,12H,4-7,15H2,1-3H3,(H,16,17). The molecule has 1 aromatic heterocycles. The molecule has 1 heterocycles. The molecule has 1 aliphatic carbocycles. The molecule has 3 heteroatoms. The molecule has 1 unspecified atom stereocenters. The van der Waals surface area contributed by atoms with Gasteiger partial charge in [-0.25, -0.2) is 4.98 Å². The molecule has 0 aromatic carbocycles. The Hall–Kier alpha value is -1.25. The fraction of sp³-hybridized carbons (Fsp3) is 0.643. The number of aromatic nitrogens is 1. The van der Waals surface area contributed by atoms with Crippen LogP contribution in [-0.2, 0) is 0 Å². The first-order chi connectivity index (χ1) is 7.99. The van der Waals surface area contributed by atoms with Gasteiger partial charge < -0.3 is 11.1 Å². The van der Waals surface area contributed by atoms with Gasteiger partial charge in [0.05, 0.1) is 11.9 Å². The minimum absolute atomic E-state index is 0.356. The predicted octanol–water partition coefficient (Wildman–Crippen LogP) is 3.35. The van der Waals surface area contributed by atoms with Crippen LogP contribution in [0.15, 0.2) is 12.3 Å². The molecule has 1 saturated carbocycles. The molecule has 1 atom stereocenters. The molecule has 1 aliphatic rings. The quantitative estimate of drug-likeness (QED) is 0.823. The van der Waals surface area contributed by atoms with Gasteiger partial charge in [0.2, 0.25) is 0 Å². The van der Waals surface area contributed by atoms with E-state index in [9.17, 15) is 0 Å². The number of anilines is 2. The molecule has 0 radical (unpaired) electrons. The van der Waals surface area contributed by atoms with Crippen molar-refractivity contribution < 1.29 is 0 Å². The van der Waals surface area contributed by atoms with Crippen molar-refractivity contribution in [3.63, 3.8) is 0 Å². The van der Waals surface area contributed by atoms with E-state index in [1.165, 1.54) is 25.7 Å². The number of nitrogens with one attached hydrogen (secondary N) is 1. The van der Waals surface area contributed by atoms with E-state index in [0.717, 1.165) is 17.1 Å². The second-order valence-corrected chi connectivity index (χ2v) is 5.86. The van der Waals surface area contributed by atoms with Crippen molar-refractivity contribution in [2.24, 2.45) is 5.41 Å². The first-order valence-corrected chi connectivity index (χ1v) is 6.48. The zero-order chi connectivity index (χ0) is 12.5. The van der Waals surface area contributed by atoms with Gasteiger partial charge in [-0.1, -0.05) is 26.7 Å². The third-order valence-electron chi connectivity index (χ3n) is 3.98. The monoisotopic (exact) mass is 233 g/mol. The maximum absolute atomic E-state index is 5.78. The molecule has 0 aliphatic heterocycles. The molecule has 1 fully saturated rings. The van der Waals surface area contributed by atoms with Gasteiger partial charge in [0.25, 0.3) is 0 Å². The highest BCUT2D eigenvalue weighted by Gasteiger charge is 2.32. The van der Waals surface area contributed by atoms with Crippen LogP contribution in [0.5, 0.6) is 0 Å². The first-order valence-electron chi connectivity index (χ1n) is 6.48. The van der Waals surface area contributed by atoms with E-state index in [1.807, 2.05) is 13.0 Å². The van der Waals surface area contributed by atoms with Crippen LogP contribution in [0.1, 0.15) is 45.1 Å². The summed E-state index contributed by atoms with van der Waals surface area (Å²) in [4.78, 5) is 4.36. The van der Waals surface area contributed by atoms with Gasteiger partial charge in [0.15, 0.2) is 0 Å². The Labute approximate surface area is 104 Å². The number of nitrogens with two attached hydrogens (primary N) is 1. The van der Waals surface area contributed by atoms with Gasteiger partial charge in [-0.3, -0.25) is 0 Å². The van der Waals surface area contributed by atoms with Crippen LogP contribution in [0.2, 0.25) is 0 Å². The van der Waals surface area contributed by atoms with E-state index in [-0.39, 0.29) is 0 Å². The highest BCUT2D eigenvalue weighted by Crippen LogP contribution is 2.37. The second-order valence-electron chi connectivity index (χ2n) is 5.86. The highest BCUT2D eigenvalue weighted by molar-refractivity contribution is 5.51. The summed E-state index contributed by atoms with van der Waals surface area (Å²) in [5.41, 5.74) is 8.00. The zero-order valence-electron chi connectivity index (χ0n) is 11.1. The van der Waals surface area contributed by atoms with Gasteiger partial charge in [-0.05, 0) is 36.8 Å². The molecule has 94 valence electrons. The summed E-state index contributed by atoms with van der Waals surface area (Å²) in [7, 11) is 0. The summed E-state index contributed by atoms with van der Waals surface area (Å²) in [5.74, 6) is 0.955. The van der Waals surface area contributed by atoms with Crippen molar-refractivity contribution in [2.75, 3.05) is 11.1 Å². The van der Waals surface area contributed by atoms with Gasteiger partial charge in [0, 0.05) is 6.04 Å². The topological polar surface area (TPSA) is 50.9 Å². The van der Waals surface area contributed by atoms with Crippen LogP contribution >= 0.6 is 0 Å². The molecule has 0 amide bonds. The van der Waals surface area contributed by atoms with Gasteiger partial charge in [-0.2, -0.15) is 0 Å². The summed E-state index contributed by atoms with van der Waals surface area (Å²) in [6, 6.07) is 2.56. The normalized spacial score (nSPS) is 23.4. The fourth-order valence-electron chi connectivity index (χ4n) is 2.59. The van der Waals surface area contributed by atoms with E-state index < -0.39 is 0 Å². The van der Waals surface area contributed by atoms with E-state index in [2.05, 4.69) is 24.1 Å². The number of rotatable bonds is 2. The summed E-state index contributed by atoms with van der Waals surface area (Å²) >= 11 is 0. The van der Waals surface area contributed by atoms with Crippen LogP contribution in [0.3, 0.4) is 0 Å². The fourth-order valence-corrected chi connectivity index (χ4v) is 2.59. The first kappa shape index (κ1) is 12.2. The summed E-state index contributed by atoms with van der Waals surface area (Å²) in [5, 5.41) is 3.57. The molecule has 2 rings (SSSR count). The highest BCUT2D eigenvalue weighted by atomic mass is 15.0. The van der Waals surface area contributed by atoms with Crippen LogP contribution < -0.4 is 11.1 Å². The maximum Gasteiger partial charge on any atom is 0.126 e. The number of aryl methyl sites for hydroxylation is 1. The SMILES string of the molecule is Cc1cc(NC2CCCCC2(C)C)ncc1N. The average Bonchev–Trinajstić information content (AvgIpc) is 2.26. The van der Waals surface area contributed by atoms with Crippen molar-refractivity contribution in [3.05, 3.63) is 17.8 Å². The van der Waals surface area contributed by atoms with E-state index in [1.54, 1.807) is 6.20 Å². The summed E-state index contributed by atoms with van der Waals surface area (Å²) in [6.07, 6.45) is 6.93. The molecule has 3 N–H and O–H groups in total. The second kappa shape index (κ2) is 4.55. The van der Waals surface area contributed by atoms with Crippen molar-refractivity contribution >= 4 is 11.5 Å². The number of nitrogens with zero attached hydrogens (tertiary/aromatic N) is 1. The third kappa shape index (κ3) is 2.71. The Morgan fingerprint density at radius 2 is 2.18 bits per heavy atom. The van der Waals surface area contributed by atoms with E-state index in [0.29, 0.717) is 11.5 Å². The van der Waals surface area contributed by atoms with Crippen LogP contribution in [0, 0.1) is 12.3 Å². The molecule has 17 heavy (non-hydrogen) atoms. The van der Waals surface area contributed by atoms with E-state index in [4.69, 9.17) is 5.73 Å². The van der Waals surface area contributed by atoms with Gasteiger partial charge >= 0.3 is 0 Å². The average molecular weight is 233 g/mol. The summed E-state index contributed by atoms with van der Waals surface area (Å²) in [6.45, 7) is 6.70. The Balaban J connectivity index is 2.11. The van der Waals surface area contributed by atoms with Crippen molar-refractivity contribution in [1.29, 1.82) is 0 Å². The molecule has 1 aromatic rings. The van der Waals surface area contributed by atoms with Crippen LogP contribution in [0.4, 0.5) is 11.5 Å². The molecule has 0 bridgehead atoms. The number of hydrogen-bond acceptors (Lipinski definition) is 3. The Bertz CT molecular complexity index is 398. The van der Waals surface area contributed by atoms with Gasteiger partial charge in [-0.15, -0.1) is 0 Å². The molecule has 0 saturated heterocycles. The molecular weight excluding hydrogens is 210 g/mol. The lowest BCUT2D eigenvalue weighted by atomic mass is 9.73. The zero-order valence-corrected chi connectivity index (χ0v) is 11.1.